The van der Waals surface area contributed by atoms with Gasteiger partial charge in [0.15, 0.2) is 0 Å². The number of carboxylic acid groups (broad SMARTS) is 1. The summed E-state index contributed by atoms with van der Waals surface area (Å²) in [6.07, 6.45) is 2.51. The highest BCUT2D eigenvalue weighted by Crippen LogP contribution is 2.30. The molecule has 0 saturated heterocycles. The smallest absolute Gasteiger partial charge is 0.335 e. The highest BCUT2D eigenvalue weighted by molar-refractivity contribution is 6.30. The lowest BCUT2D eigenvalue weighted by Crippen LogP contribution is -2.20. The number of nitrogens with zero attached hydrogens (tertiary/aromatic N) is 2. The first-order chi connectivity index (χ1) is 14.5. The maximum atomic E-state index is 12.8. The van der Waals surface area contributed by atoms with Crippen molar-refractivity contribution in [1.82, 2.24) is 9.55 Å². The van der Waals surface area contributed by atoms with E-state index in [9.17, 15) is 14.7 Å². The van der Waals surface area contributed by atoms with Crippen LogP contribution in [0.4, 0.5) is 0 Å². The van der Waals surface area contributed by atoms with Gasteiger partial charge in [0.2, 0.25) is 0 Å². The summed E-state index contributed by atoms with van der Waals surface area (Å²) in [5.74, 6) is 0.850. The van der Waals surface area contributed by atoms with E-state index in [1.54, 1.807) is 16.7 Å². The minimum atomic E-state index is -1.06. The number of aromatic nitrogens is 2. The molecule has 0 unspecified atom stereocenters. The Morgan fingerprint density at radius 1 is 1.13 bits per heavy atom. The summed E-state index contributed by atoms with van der Waals surface area (Å²) in [6, 6.07) is 15.5. The molecule has 6 nitrogen and oxygen atoms in total. The predicted octanol–water partition coefficient (Wildman–Crippen LogP) is 4.95. The van der Waals surface area contributed by atoms with Crippen molar-refractivity contribution < 1.29 is 14.3 Å². The molecule has 0 amide bonds. The Morgan fingerprint density at radius 3 is 2.70 bits per heavy atom. The van der Waals surface area contributed by atoms with Gasteiger partial charge >= 0.3 is 5.97 Å². The predicted molar refractivity (Wildman–Crippen MR) is 115 cm³/mol. The molecular formula is C23H15ClN2O4. The first-order valence-electron chi connectivity index (χ1n) is 9.34. The second kappa shape index (κ2) is 7.00. The molecule has 0 aliphatic carbocycles. The largest absolute Gasteiger partial charge is 0.478 e. The fraction of sp³-hybridized carbons (Fsp3) is 0.0870. The first kappa shape index (κ1) is 18.4. The van der Waals surface area contributed by atoms with Gasteiger partial charge in [0.25, 0.3) is 5.56 Å². The van der Waals surface area contributed by atoms with E-state index in [1.165, 1.54) is 18.2 Å². The van der Waals surface area contributed by atoms with Gasteiger partial charge in [0.1, 0.15) is 17.3 Å². The Labute approximate surface area is 175 Å². The average Bonchev–Trinajstić information content (AvgIpc) is 3.36. The molecule has 0 saturated carbocycles. The van der Waals surface area contributed by atoms with Crippen molar-refractivity contribution in [3.8, 4) is 11.3 Å². The molecule has 148 valence electrons. The molecule has 3 heterocycles. The zero-order chi connectivity index (χ0) is 20.8. The van der Waals surface area contributed by atoms with Gasteiger partial charge in [0.05, 0.1) is 16.5 Å². The Bertz CT molecular complexity index is 1400. The van der Waals surface area contributed by atoms with Crippen LogP contribution in [-0.2, 0) is 6.54 Å². The second-order valence-electron chi connectivity index (χ2n) is 7.06. The summed E-state index contributed by atoms with van der Waals surface area (Å²) < 4.78 is 7.57. The zero-order valence-electron chi connectivity index (χ0n) is 15.6. The quantitative estimate of drug-likeness (QED) is 0.508. The van der Waals surface area contributed by atoms with Gasteiger partial charge in [-0.05, 0) is 67.1 Å². The number of rotatable bonds is 3. The van der Waals surface area contributed by atoms with Crippen LogP contribution in [0.3, 0.4) is 0 Å². The van der Waals surface area contributed by atoms with Gasteiger partial charge in [-0.15, -0.1) is 0 Å². The van der Waals surface area contributed by atoms with E-state index in [4.69, 9.17) is 16.0 Å². The van der Waals surface area contributed by atoms with Crippen LogP contribution in [0.15, 0.2) is 63.8 Å². The fourth-order valence-electron chi connectivity index (χ4n) is 3.66. The molecule has 0 radical (unpaired) electrons. The van der Waals surface area contributed by atoms with Gasteiger partial charge in [-0.2, -0.15) is 0 Å². The van der Waals surface area contributed by atoms with E-state index < -0.39 is 5.97 Å². The number of hydrogen-bond acceptors (Lipinski definition) is 4. The molecule has 7 heteroatoms. The molecule has 0 fully saturated rings. The molecule has 0 atom stereocenters. The number of hydrogen-bond donors (Lipinski definition) is 1. The molecule has 1 N–H and O–H groups in total. The van der Waals surface area contributed by atoms with E-state index in [0.717, 1.165) is 11.1 Å². The minimum absolute atomic E-state index is 0.0986. The molecule has 1 aliphatic heterocycles. The third-order valence-electron chi connectivity index (χ3n) is 5.17. The summed E-state index contributed by atoms with van der Waals surface area (Å²) in [4.78, 5) is 28.7. The van der Waals surface area contributed by atoms with Gasteiger partial charge in [-0.3, -0.25) is 9.36 Å². The van der Waals surface area contributed by atoms with E-state index in [-0.39, 0.29) is 11.1 Å². The number of fused-ring (bicyclic) bond motifs is 2. The van der Waals surface area contributed by atoms with E-state index in [2.05, 4.69) is 4.98 Å². The molecule has 5 rings (SSSR count). The molecule has 2 aromatic carbocycles. The number of furan rings is 1. The number of carbonyl (C=O) groups is 1. The van der Waals surface area contributed by atoms with Crippen molar-refractivity contribution in [2.45, 2.75) is 13.0 Å². The lowest BCUT2D eigenvalue weighted by Gasteiger charge is -2.06. The third-order valence-corrected chi connectivity index (χ3v) is 5.42. The number of halogens is 1. The van der Waals surface area contributed by atoms with E-state index >= 15 is 0 Å². The summed E-state index contributed by atoms with van der Waals surface area (Å²) in [7, 11) is 0. The van der Waals surface area contributed by atoms with Crippen LogP contribution in [0.5, 0.6) is 0 Å². The standard InChI is InChI=1S/C23H15ClN2O4/c24-16-4-1-13(2-5-16)20-8-6-17(30-20)11-14-9-10-26-21(14)25-19-12-15(23(28)29)3-7-18(19)22(26)27/h1-8,11-12H,9-10H2,(H,28,29)/b14-11-. The lowest BCUT2D eigenvalue weighted by atomic mass is 10.1. The summed E-state index contributed by atoms with van der Waals surface area (Å²) in [5, 5.41) is 10.3. The van der Waals surface area contributed by atoms with Crippen LogP contribution in [0.25, 0.3) is 33.9 Å². The van der Waals surface area contributed by atoms with Crippen molar-refractivity contribution >= 4 is 40.1 Å². The maximum Gasteiger partial charge on any atom is 0.335 e. The summed E-state index contributed by atoms with van der Waals surface area (Å²) >= 11 is 5.94. The Kier molecular flexibility index (Phi) is 4.29. The molecule has 0 bridgehead atoms. The monoisotopic (exact) mass is 418 g/mol. The van der Waals surface area contributed by atoms with Gasteiger partial charge in [-0.25, -0.2) is 9.78 Å². The van der Waals surface area contributed by atoms with Crippen molar-refractivity contribution in [3.63, 3.8) is 0 Å². The number of allylic oxidation sites excluding steroid dienone is 1. The van der Waals surface area contributed by atoms with Crippen LogP contribution in [0.1, 0.15) is 28.4 Å². The molecular weight excluding hydrogens is 404 g/mol. The van der Waals surface area contributed by atoms with Crippen molar-refractivity contribution in [2.75, 3.05) is 0 Å². The van der Waals surface area contributed by atoms with Crippen LogP contribution in [0.2, 0.25) is 5.02 Å². The number of benzene rings is 2. The minimum Gasteiger partial charge on any atom is -0.478 e. The molecule has 4 aromatic rings. The Balaban J connectivity index is 1.56. The van der Waals surface area contributed by atoms with Crippen molar-refractivity contribution in [1.29, 1.82) is 0 Å². The van der Waals surface area contributed by atoms with Crippen molar-refractivity contribution in [3.05, 3.63) is 87.1 Å². The lowest BCUT2D eigenvalue weighted by molar-refractivity contribution is 0.0697. The topological polar surface area (TPSA) is 85.3 Å². The SMILES string of the molecule is O=C(O)c1ccc2c(=O)n3c(nc2c1)/C(=C\c1ccc(-c2ccc(Cl)cc2)o1)CC3. The van der Waals surface area contributed by atoms with Crippen molar-refractivity contribution in [2.24, 2.45) is 0 Å². The fourth-order valence-corrected chi connectivity index (χ4v) is 3.78. The zero-order valence-corrected chi connectivity index (χ0v) is 16.4. The van der Waals surface area contributed by atoms with Crippen LogP contribution in [0, 0.1) is 0 Å². The molecule has 2 aromatic heterocycles. The highest BCUT2D eigenvalue weighted by atomic mass is 35.5. The number of aromatic carboxylic acids is 1. The van der Waals surface area contributed by atoms with Gasteiger partial charge < -0.3 is 9.52 Å². The Morgan fingerprint density at radius 2 is 1.93 bits per heavy atom. The van der Waals surface area contributed by atoms with E-state index in [0.29, 0.717) is 46.2 Å². The maximum absolute atomic E-state index is 12.8. The average molecular weight is 419 g/mol. The van der Waals surface area contributed by atoms with Crippen LogP contribution < -0.4 is 5.56 Å². The second-order valence-corrected chi connectivity index (χ2v) is 7.49. The number of carboxylic acids is 1. The third kappa shape index (κ3) is 3.11. The highest BCUT2D eigenvalue weighted by Gasteiger charge is 2.22. The van der Waals surface area contributed by atoms with Crippen LogP contribution in [-0.4, -0.2) is 20.6 Å². The molecule has 30 heavy (non-hydrogen) atoms. The molecule has 1 aliphatic rings. The normalized spacial score (nSPS) is 14.4. The first-order valence-corrected chi connectivity index (χ1v) is 9.72. The van der Waals surface area contributed by atoms with Crippen LogP contribution >= 0.6 is 11.6 Å². The molecule has 0 spiro atoms. The van der Waals surface area contributed by atoms with Gasteiger partial charge in [-0.1, -0.05) is 11.6 Å². The Hall–Kier alpha value is -3.64. The summed E-state index contributed by atoms with van der Waals surface area (Å²) in [6.45, 7) is 0.522. The van der Waals surface area contributed by atoms with Gasteiger partial charge in [0, 0.05) is 22.7 Å². The summed E-state index contributed by atoms with van der Waals surface area (Å²) in [5.41, 5.74) is 2.09. The van der Waals surface area contributed by atoms with E-state index in [1.807, 2.05) is 30.3 Å².